The number of hydrogen-bond acceptors (Lipinski definition) is 3. The highest BCUT2D eigenvalue weighted by atomic mass is 16.1. The Balaban J connectivity index is 2.32. The van der Waals surface area contributed by atoms with Gasteiger partial charge in [-0.25, -0.2) is 4.98 Å². The maximum Gasteiger partial charge on any atom is 0.276 e. The van der Waals surface area contributed by atoms with Crippen molar-refractivity contribution in [1.29, 1.82) is 0 Å². The molecular formula is C15H17N3O. The number of carbonyl (C=O) groups excluding carboxylic acids is 1. The first-order valence-corrected chi connectivity index (χ1v) is 6.08. The van der Waals surface area contributed by atoms with Crippen LogP contribution in [0.4, 0.5) is 11.4 Å². The van der Waals surface area contributed by atoms with Crippen LogP contribution in [0.25, 0.3) is 0 Å². The van der Waals surface area contributed by atoms with Crippen molar-refractivity contribution in [2.45, 2.75) is 20.8 Å². The molecule has 2 aromatic rings. The second kappa shape index (κ2) is 5.10. The highest BCUT2D eigenvalue weighted by Crippen LogP contribution is 2.23. The van der Waals surface area contributed by atoms with Crippen molar-refractivity contribution in [2.24, 2.45) is 0 Å². The van der Waals surface area contributed by atoms with Gasteiger partial charge in [0.05, 0.1) is 5.69 Å². The quantitative estimate of drug-likeness (QED) is 0.867. The van der Waals surface area contributed by atoms with E-state index in [2.05, 4.69) is 10.3 Å². The summed E-state index contributed by atoms with van der Waals surface area (Å²) in [6.45, 7) is 5.97. The fraction of sp³-hybridized carbons (Fsp3) is 0.200. The number of anilines is 2. The van der Waals surface area contributed by atoms with Gasteiger partial charge in [-0.05, 0) is 44.0 Å². The van der Waals surface area contributed by atoms with Crippen LogP contribution in [0.5, 0.6) is 0 Å². The predicted molar refractivity (Wildman–Crippen MR) is 77.3 cm³/mol. The van der Waals surface area contributed by atoms with Crippen LogP contribution in [0.2, 0.25) is 0 Å². The second-order valence-electron chi connectivity index (χ2n) is 4.67. The molecular weight excluding hydrogens is 238 g/mol. The molecule has 0 aliphatic heterocycles. The van der Waals surface area contributed by atoms with Crippen molar-refractivity contribution in [3.8, 4) is 0 Å². The second-order valence-corrected chi connectivity index (χ2v) is 4.67. The first kappa shape index (κ1) is 13.1. The van der Waals surface area contributed by atoms with Crippen molar-refractivity contribution < 1.29 is 4.79 Å². The maximum atomic E-state index is 12.2. The summed E-state index contributed by atoms with van der Waals surface area (Å²) in [4.78, 5) is 16.2. The third-order valence-electron chi connectivity index (χ3n) is 2.97. The molecule has 0 spiro atoms. The van der Waals surface area contributed by atoms with Crippen LogP contribution in [0.3, 0.4) is 0 Å². The largest absolute Gasteiger partial charge is 0.397 e. The SMILES string of the molecule is Cc1cc(C)c(NC(=O)c2ncccc2N)c(C)c1. The smallest absolute Gasteiger partial charge is 0.276 e. The third kappa shape index (κ3) is 2.73. The fourth-order valence-corrected chi connectivity index (χ4v) is 2.16. The third-order valence-corrected chi connectivity index (χ3v) is 2.97. The van der Waals surface area contributed by atoms with Crippen LogP contribution >= 0.6 is 0 Å². The van der Waals surface area contributed by atoms with E-state index in [1.165, 1.54) is 5.56 Å². The van der Waals surface area contributed by atoms with E-state index in [0.717, 1.165) is 16.8 Å². The number of carbonyl (C=O) groups is 1. The molecule has 1 aromatic heterocycles. The minimum atomic E-state index is -0.284. The number of hydrogen-bond donors (Lipinski definition) is 2. The van der Waals surface area contributed by atoms with Crippen LogP contribution in [0.1, 0.15) is 27.2 Å². The van der Waals surface area contributed by atoms with Gasteiger partial charge in [0.2, 0.25) is 0 Å². The summed E-state index contributed by atoms with van der Waals surface area (Å²) in [6, 6.07) is 7.43. The van der Waals surface area contributed by atoms with E-state index in [0.29, 0.717) is 5.69 Å². The summed E-state index contributed by atoms with van der Waals surface area (Å²) >= 11 is 0. The number of rotatable bonds is 2. The number of nitrogens with zero attached hydrogens (tertiary/aromatic N) is 1. The lowest BCUT2D eigenvalue weighted by molar-refractivity contribution is 0.102. The summed E-state index contributed by atoms with van der Waals surface area (Å²) in [7, 11) is 0. The number of aryl methyl sites for hydroxylation is 3. The summed E-state index contributed by atoms with van der Waals surface area (Å²) in [5.74, 6) is -0.284. The van der Waals surface area contributed by atoms with E-state index < -0.39 is 0 Å². The van der Waals surface area contributed by atoms with Gasteiger partial charge in [-0.2, -0.15) is 0 Å². The number of aromatic nitrogens is 1. The number of pyridine rings is 1. The first-order chi connectivity index (χ1) is 8.99. The van der Waals surface area contributed by atoms with Gasteiger partial charge in [0.25, 0.3) is 5.91 Å². The van der Waals surface area contributed by atoms with E-state index in [4.69, 9.17) is 5.73 Å². The van der Waals surface area contributed by atoms with Gasteiger partial charge in [0.1, 0.15) is 0 Å². The Labute approximate surface area is 112 Å². The standard InChI is InChI=1S/C15H17N3O/c1-9-7-10(2)13(11(3)8-9)18-15(19)14-12(16)5-4-6-17-14/h4-8H,16H2,1-3H3,(H,18,19). The molecule has 0 atom stereocenters. The molecule has 19 heavy (non-hydrogen) atoms. The highest BCUT2D eigenvalue weighted by Gasteiger charge is 2.13. The maximum absolute atomic E-state index is 12.2. The number of nitrogens with two attached hydrogens (primary N) is 1. The van der Waals surface area contributed by atoms with Crippen molar-refractivity contribution in [3.05, 3.63) is 52.8 Å². The van der Waals surface area contributed by atoms with Gasteiger partial charge < -0.3 is 11.1 Å². The number of nitrogen functional groups attached to an aromatic ring is 1. The van der Waals surface area contributed by atoms with Gasteiger partial charge in [-0.15, -0.1) is 0 Å². The summed E-state index contributed by atoms with van der Waals surface area (Å²) in [5.41, 5.74) is 10.4. The highest BCUT2D eigenvalue weighted by molar-refractivity contribution is 6.06. The Hall–Kier alpha value is -2.36. The molecule has 1 aromatic carbocycles. The molecule has 0 saturated carbocycles. The first-order valence-electron chi connectivity index (χ1n) is 6.08. The zero-order chi connectivity index (χ0) is 14.0. The monoisotopic (exact) mass is 255 g/mol. The molecule has 4 heteroatoms. The molecule has 0 aliphatic rings. The molecule has 0 fully saturated rings. The Bertz CT molecular complexity index is 612. The topological polar surface area (TPSA) is 68.0 Å². The van der Waals surface area contributed by atoms with Crippen molar-refractivity contribution in [3.63, 3.8) is 0 Å². The zero-order valence-electron chi connectivity index (χ0n) is 11.3. The van der Waals surface area contributed by atoms with Gasteiger partial charge in [-0.1, -0.05) is 17.7 Å². The molecule has 3 N–H and O–H groups in total. The van der Waals surface area contributed by atoms with Crippen LogP contribution in [0.15, 0.2) is 30.5 Å². The molecule has 0 saturated heterocycles. The van der Waals surface area contributed by atoms with Crippen LogP contribution < -0.4 is 11.1 Å². The number of amides is 1. The van der Waals surface area contributed by atoms with E-state index in [1.54, 1.807) is 18.3 Å². The fourth-order valence-electron chi connectivity index (χ4n) is 2.16. The van der Waals surface area contributed by atoms with Crippen molar-refractivity contribution >= 4 is 17.3 Å². The minimum Gasteiger partial charge on any atom is -0.397 e. The van der Waals surface area contributed by atoms with Gasteiger partial charge >= 0.3 is 0 Å². The van der Waals surface area contributed by atoms with E-state index in [1.807, 2.05) is 32.9 Å². The van der Waals surface area contributed by atoms with Crippen molar-refractivity contribution in [1.82, 2.24) is 4.98 Å². The molecule has 0 aliphatic carbocycles. The number of benzene rings is 1. The van der Waals surface area contributed by atoms with Crippen LogP contribution in [-0.4, -0.2) is 10.9 Å². The normalized spacial score (nSPS) is 10.3. The van der Waals surface area contributed by atoms with E-state index in [-0.39, 0.29) is 11.6 Å². The van der Waals surface area contributed by atoms with Crippen LogP contribution in [-0.2, 0) is 0 Å². The van der Waals surface area contributed by atoms with Crippen molar-refractivity contribution in [2.75, 3.05) is 11.1 Å². The summed E-state index contributed by atoms with van der Waals surface area (Å²) < 4.78 is 0. The van der Waals surface area contributed by atoms with Gasteiger partial charge in [0, 0.05) is 11.9 Å². The molecule has 0 bridgehead atoms. The molecule has 98 valence electrons. The lowest BCUT2D eigenvalue weighted by Crippen LogP contribution is -2.17. The summed E-state index contributed by atoms with van der Waals surface area (Å²) in [5, 5.41) is 2.88. The summed E-state index contributed by atoms with van der Waals surface area (Å²) in [6.07, 6.45) is 1.56. The molecule has 2 rings (SSSR count). The molecule has 0 radical (unpaired) electrons. The Morgan fingerprint density at radius 2 is 1.84 bits per heavy atom. The molecule has 0 unspecified atom stereocenters. The van der Waals surface area contributed by atoms with Crippen LogP contribution in [0, 0.1) is 20.8 Å². The average Bonchev–Trinajstić information content (AvgIpc) is 2.34. The molecule has 4 nitrogen and oxygen atoms in total. The van der Waals surface area contributed by atoms with E-state index >= 15 is 0 Å². The van der Waals surface area contributed by atoms with E-state index in [9.17, 15) is 4.79 Å². The zero-order valence-corrected chi connectivity index (χ0v) is 11.3. The molecule has 1 amide bonds. The average molecular weight is 255 g/mol. The van der Waals surface area contributed by atoms with Gasteiger partial charge in [0.15, 0.2) is 5.69 Å². The molecule has 1 heterocycles. The Kier molecular flexibility index (Phi) is 3.51. The minimum absolute atomic E-state index is 0.252. The lowest BCUT2D eigenvalue weighted by Gasteiger charge is -2.13. The van der Waals surface area contributed by atoms with Gasteiger partial charge in [-0.3, -0.25) is 4.79 Å². The number of nitrogens with one attached hydrogen (secondary N) is 1. The Morgan fingerprint density at radius 3 is 2.42 bits per heavy atom. The Morgan fingerprint density at radius 1 is 1.21 bits per heavy atom. The lowest BCUT2D eigenvalue weighted by atomic mass is 10.0. The predicted octanol–water partition coefficient (Wildman–Crippen LogP) is 2.84.